The Labute approximate surface area is 149 Å². The summed E-state index contributed by atoms with van der Waals surface area (Å²) in [7, 11) is -4.16. The summed E-state index contributed by atoms with van der Waals surface area (Å²) >= 11 is 1.52. The van der Waals surface area contributed by atoms with Crippen LogP contribution in [0, 0.1) is 11.6 Å². The van der Waals surface area contributed by atoms with Gasteiger partial charge in [-0.1, -0.05) is 0 Å². The molecule has 1 aromatic heterocycles. The van der Waals surface area contributed by atoms with Gasteiger partial charge in [0.1, 0.15) is 16.5 Å². The number of halogens is 2. The summed E-state index contributed by atoms with van der Waals surface area (Å²) in [6, 6.07) is 4.12. The first-order valence-electron chi connectivity index (χ1n) is 7.76. The van der Waals surface area contributed by atoms with Crippen LogP contribution in [0.5, 0.6) is 0 Å². The van der Waals surface area contributed by atoms with Gasteiger partial charge in [0.2, 0.25) is 10.0 Å². The molecule has 0 spiro atoms. The van der Waals surface area contributed by atoms with E-state index in [0.717, 1.165) is 17.7 Å². The number of rotatable bonds is 6. The van der Waals surface area contributed by atoms with Crippen molar-refractivity contribution in [3.63, 3.8) is 0 Å². The van der Waals surface area contributed by atoms with Crippen LogP contribution < -0.4 is 4.72 Å². The van der Waals surface area contributed by atoms with Crippen molar-refractivity contribution in [2.75, 3.05) is 32.8 Å². The largest absolute Gasteiger partial charge is 0.379 e. The third kappa shape index (κ3) is 4.42. The summed E-state index contributed by atoms with van der Waals surface area (Å²) in [5, 5.41) is 3.88. The Morgan fingerprint density at radius 2 is 2.00 bits per heavy atom. The lowest BCUT2D eigenvalue weighted by atomic mass is 10.1. The highest BCUT2D eigenvalue weighted by Gasteiger charge is 2.26. The Balaban J connectivity index is 1.79. The maximum atomic E-state index is 13.8. The molecule has 0 unspecified atom stereocenters. The highest BCUT2D eigenvalue weighted by molar-refractivity contribution is 7.89. The van der Waals surface area contributed by atoms with Crippen molar-refractivity contribution in [2.45, 2.75) is 10.9 Å². The molecular formula is C16H18F2N2O3S2. The summed E-state index contributed by atoms with van der Waals surface area (Å²) in [6.07, 6.45) is 0. The number of sulfonamides is 1. The van der Waals surface area contributed by atoms with Gasteiger partial charge in [-0.25, -0.2) is 21.9 Å². The lowest BCUT2D eigenvalue weighted by molar-refractivity contribution is 0.0173. The minimum absolute atomic E-state index is 0.0645. The Morgan fingerprint density at radius 1 is 1.24 bits per heavy atom. The standard InChI is InChI=1S/C16H18F2N2O3S2/c17-13-1-2-14(18)16(9-13)25(21,22)19-10-15(12-3-8-24-11-12)20-4-6-23-7-5-20/h1-3,8-9,11,15,19H,4-7,10H2/t15-/m1/s1. The van der Waals surface area contributed by atoms with Gasteiger partial charge in [0, 0.05) is 25.7 Å². The van der Waals surface area contributed by atoms with Gasteiger partial charge in [0.05, 0.1) is 13.2 Å². The molecule has 0 aliphatic carbocycles. The van der Waals surface area contributed by atoms with E-state index in [1.165, 1.54) is 11.3 Å². The number of nitrogens with one attached hydrogen (secondary N) is 1. The van der Waals surface area contributed by atoms with Gasteiger partial charge in [0.25, 0.3) is 0 Å². The second-order valence-corrected chi connectivity index (χ2v) is 8.16. The van der Waals surface area contributed by atoms with E-state index >= 15 is 0 Å². The number of nitrogens with zero attached hydrogens (tertiary/aromatic N) is 1. The SMILES string of the molecule is O=S(=O)(NC[C@H](c1ccsc1)N1CCOCC1)c1cc(F)ccc1F. The fourth-order valence-corrected chi connectivity index (χ4v) is 4.59. The first-order chi connectivity index (χ1) is 12.0. The van der Waals surface area contributed by atoms with Crippen LogP contribution in [0.4, 0.5) is 8.78 Å². The molecule has 2 heterocycles. The number of hydrogen-bond donors (Lipinski definition) is 1. The lowest BCUT2D eigenvalue weighted by Gasteiger charge is -2.34. The van der Waals surface area contributed by atoms with Gasteiger partial charge in [-0.05, 0) is 40.6 Å². The summed E-state index contributed by atoms with van der Waals surface area (Å²) in [6.45, 7) is 2.57. The molecule has 0 bridgehead atoms. The fraction of sp³-hybridized carbons (Fsp3) is 0.375. The number of ether oxygens (including phenoxy) is 1. The first-order valence-corrected chi connectivity index (χ1v) is 10.2. The molecule has 0 radical (unpaired) electrons. The van der Waals surface area contributed by atoms with Crippen molar-refractivity contribution in [1.82, 2.24) is 9.62 Å². The summed E-state index contributed by atoms with van der Waals surface area (Å²) in [5.74, 6) is -1.78. The van der Waals surface area contributed by atoms with E-state index in [2.05, 4.69) is 9.62 Å². The quantitative estimate of drug-likeness (QED) is 0.826. The Morgan fingerprint density at radius 3 is 2.68 bits per heavy atom. The van der Waals surface area contributed by atoms with Crippen molar-refractivity contribution in [3.8, 4) is 0 Å². The average Bonchev–Trinajstić information content (AvgIpc) is 3.12. The monoisotopic (exact) mass is 388 g/mol. The molecule has 0 amide bonds. The van der Waals surface area contributed by atoms with E-state index in [0.29, 0.717) is 32.4 Å². The van der Waals surface area contributed by atoms with Crippen molar-refractivity contribution >= 4 is 21.4 Å². The van der Waals surface area contributed by atoms with Crippen LogP contribution in [-0.4, -0.2) is 46.2 Å². The van der Waals surface area contributed by atoms with Gasteiger partial charge in [0.15, 0.2) is 0 Å². The van der Waals surface area contributed by atoms with Gasteiger partial charge >= 0.3 is 0 Å². The zero-order valence-electron chi connectivity index (χ0n) is 13.3. The molecule has 25 heavy (non-hydrogen) atoms. The third-order valence-corrected chi connectivity index (χ3v) is 6.20. The van der Waals surface area contributed by atoms with Crippen molar-refractivity contribution < 1.29 is 21.9 Å². The molecular weight excluding hydrogens is 370 g/mol. The topological polar surface area (TPSA) is 58.6 Å². The zero-order valence-corrected chi connectivity index (χ0v) is 15.0. The van der Waals surface area contributed by atoms with Crippen LogP contribution in [-0.2, 0) is 14.8 Å². The molecule has 136 valence electrons. The minimum atomic E-state index is -4.16. The van der Waals surface area contributed by atoms with E-state index in [1.54, 1.807) is 0 Å². The van der Waals surface area contributed by atoms with Crippen LogP contribution in [0.2, 0.25) is 0 Å². The van der Waals surface area contributed by atoms with Crippen LogP contribution in [0.25, 0.3) is 0 Å². The average molecular weight is 388 g/mol. The van der Waals surface area contributed by atoms with Gasteiger partial charge in [-0.15, -0.1) is 0 Å². The fourth-order valence-electron chi connectivity index (χ4n) is 2.76. The molecule has 1 N–H and O–H groups in total. The molecule has 1 atom stereocenters. The number of benzene rings is 1. The van der Waals surface area contributed by atoms with Crippen LogP contribution in [0.15, 0.2) is 39.9 Å². The van der Waals surface area contributed by atoms with E-state index in [-0.39, 0.29) is 12.6 Å². The van der Waals surface area contributed by atoms with Crippen molar-refractivity contribution in [2.24, 2.45) is 0 Å². The van der Waals surface area contributed by atoms with E-state index in [1.807, 2.05) is 16.8 Å². The van der Waals surface area contributed by atoms with Crippen LogP contribution >= 0.6 is 11.3 Å². The molecule has 1 fully saturated rings. The maximum Gasteiger partial charge on any atom is 0.243 e. The predicted molar refractivity (Wildman–Crippen MR) is 91.0 cm³/mol. The highest BCUT2D eigenvalue weighted by atomic mass is 32.2. The Kier molecular flexibility index (Phi) is 5.80. The third-order valence-electron chi connectivity index (χ3n) is 4.06. The molecule has 3 rings (SSSR count). The molecule has 5 nitrogen and oxygen atoms in total. The predicted octanol–water partition coefficient (Wildman–Crippen LogP) is 2.38. The number of hydrogen-bond acceptors (Lipinski definition) is 5. The maximum absolute atomic E-state index is 13.8. The van der Waals surface area contributed by atoms with Crippen molar-refractivity contribution in [1.29, 1.82) is 0 Å². The van der Waals surface area contributed by atoms with E-state index in [9.17, 15) is 17.2 Å². The van der Waals surface area contributed by atoms with E-state index < -0.39 is 26.6 Å². The normalized spacial score (nSPS) is 17.5. The molecule has 1 aliphatic rings. The molecule has 1 aromatic carbocycles. The molecule has 9 heteroatoms. The second-order valence-electron chi connectivity index (χ2n) is 5.65. The Bertz CT molecular complexity index is 807. The van der Waals surface area contributed by atoms with Crippen molar-refractivity contribution in [3.05, 3.63) is 52.2 Å². The highest BCUT2D eigenvalue weighted by Crippen LogP contribution is 2.24. The number of thiophene rings is 1. The van der Waals surface area contributed by atoms with Gasteiger partial charge in [-0.2, -0.15) is 11.3 Å². The van der Waals surface area contributed by atoms with Crippen LogP contribution in [0.1, 0.15) is 11.6 Å². The lowest BCUT2D eigenvalue weighted by Crippen LogP contribution is -2.43. The molecule has 2 aromatic rings. The summed E-state index contributed by atoms with van der Waals surface area (Å²) in [5.41, 5.74) is 0.981. The molecule has 0 saturated carbocycles. The van der Waals surface area contributed by atoms with Gasteiger partial charge in [-0.3, -0.25) is 4.90 Å². The molecule has 1 saturated heterocycles. The zero-order chi connectivity index (χ0) is 17.9. The smallest absolute Gasteiger partial charge is 0.243 e. The van der Waals surface area contributed by atoms with Crippen LogP contribution in [0.3, 0.4) is 0 Å². The summed E-state index contributed by atoms with van der Waals surface area (Å²) < 4.78 is 59.7. The Hall–Kier alpha value is -1.39. The van der Waals surface area contributed by atoms with E-state index in [4.69, 9.17) is 4.74 Å². The minimum Gasteiger partial charge on any atom is -0.379 e. The number of morpholine rings is 1. The second kappa shape index (κ2) is 7.88. The molecule has 1 aliphatic heterocycles. The summed E-state index contributed by atoms with van der Waals surface area (Å²) in [4.78, 5) is 1.44. The first kappa shape index (κ1) is 18.4. The van der Waals surface area contributed by atoms with Gasteiger partial charge < -0.3 is 4.74 Å².